The van der Waals surface area contributed by atoms with Crippen LogP contribution in [-0.2, 0) is 0 Å². The third kappa shape index (κ3) is 3.60. The van der Waals surface area contributed by atoms with Crippen molar-refractivity contribution in [2.45, 2.75) is 53.1 Å². The summed E-state index contributed by atoms with van der Waals surface area (Å²) >= 11 is 1.68. The minimum Gasteiger partial charge on any atom is -0.474 e. The number of nitrogens with one attached hydrogen (secondary N) is 1. The van der Waals surface area contributed by atoms with Crippen LogP contribution in [0.5, 0.6) is 5.88 Å². The van der Waals surface area contributed by atoms with Crippen molar-refractivity contribution >= 4 is 27.5 Å². The lowest BCUT2D eigenvalue weighted by molar-refractivity contribution is 0.204. The molecule has 2 aromatic heterocycles. The monoisotopic (exact) mass is 293 g/mol. The van der Waals surface area contributed by atoms with Crippen molar-refractivity contribution in [2.75, 3.05) is 11.9 Å². The fourth-order valence-electron chi connectivity index (χ4n) is 2.08. The molecule has 4 nitrogen and oxygen atoms in total. The fourth-order valence-corrected chi connectivity index (χ4v) is 2.95. The summed E-state index contributed by atoms with van der Waals surface area (Å²) in [7, 11) is 0. The summed E-state index contributed by atoms with van der Waals surface area (Å²) in [5.74, 6) is 1.37. The second kappa shape index (κ2) is 6.88. The van der Waals surface area contributed by atoms with Crippen molar-refractivity contribution < 1.29 is 4.74 Å². The molecule has 0 aliphatic heterocycles. The van der Waals surface area contributed by atoms with Gasteiger partial charge in [0.2, 0.25) is 11.8 Å². The van der Waals surface area contributed by atoms with Gasteiger partial charge in [0.05, 0.1) is 11.5 Å². The Kier molecular flexibility index (Phi) is 5.17. The van der Waals surface area contributed by atoms with Crippen LogP contribution < -0.4 is 10.1 Å². The Balaban J connectivity index is 2.33. The molecule has 0 saturated heterocycles. The van der Waals surface area contributed by atoms with E-state index in [1.807, 2.05) is 0 Å². The van der Waals surface area contributed by atoms with E-state index < -0.39 is 0 Å². The van der Waals surface area contributed by atoms with Gasteiger partial charge in [0.15, 0.2) is 0 Å². The van der Waals surface area contributed by atoms with Gasteiger partial charge in [-0.1, -0.05) is 20.3 Å². The first-order valence-corrected chi connectivity index (χ1v) is 8.14. The van der Waals surface area contributed by atoms with Crippen molar-refractivity contribution in [2.24, 2.45) is 0 Å². The van der Waals surface area contributed by atoms with E-state index in [9.17, 15) is 0 Å². The van der Waals surface area contributed by atoms with E-state index in [-0.39, 0.29) is 6.10 Å². The maximum atomic E-state index is 6.02. The molecule has 0 saturated carbocycles. The van der Waals surface area contributed by atoms with Crippen LogP contribution in [0.15, 0.2) is 6.07 Å². The summed E-state index contributed by atoms with van der Waals surface area (Å²) in [5.41, 5.74) is 0. The van der Waals surface area contributed by atoms with Gasteiger partial charge in [-0.3, -0.25) is 0 Å². The lowest BCUT2D eigenvalue weighted by atomic mass is 10.2. The minimum atomic E-state index is 0.178. The summed E-state index contributed by atoms with van der Waals surface area (Å²) < 4.78 is 6.02. The number of ether oxygens (including phenoxy) is 1. The smallest absolute Gasteiger partial charge is 0.227 e. The summed E-state index contributed by atoms with van der Waals surface area (Å²) in [6.07, 6.45) is 3.37. The predicted molar refractivity (Wildman–Crippen MR) is 85.9 cm³/mol. The molecule has 1 atom stereocenters. The zero-order valence-corrected chi connectivity index (χ0v) is 13.5. The largest absolute Gasteiger partial charge is 0.474 e. The SMILES string of the molecule is CCCNc1nc(OC(C)CCC)c2cc(C)sc2n1. The molecule has 1 unspecified atom stereocenters. The third-order valence-corrected chi connectivity index (χ3v) is 3.97. The minimum absolute atomic E-state index is 0.178. The highest BCUT2D eigenvalue weighted by Crippen LogP contribution is 2.31. The maximum Gasteiger partial charge on any atom is 0.227 e. The number of hydrogen-bond donors (Lipinski definition) is 1. The highest BCUT2D eigenvalue weighted by Gasteiger charge is 2.14. The van der Waals surface area contributed by atoms with E-state index >= 15 is 0 Å². The van der Waals surface area contributed by atoms with Crippen LogP contribution >= 0.6 is 11.3 Å². The first kappa shape index (κ1) is 15.0. The van der Waals surface area contributed by atoms with Crippen LogP contribution in [-0.4, -0.2) is 22.6 Å². The van der Waals surface area contributed by atoms with Crippen LogP contribution in [0, 0.1) is 6.92 Å². The highest BCUT2D eigenvalue weighted by atomic mass is 32.1. The highest BCUT2D eigenvalue weighted by molar-refractivity contribution is 7.18. The van der Waals surface area contributed by atoms with E-state index in [0.29, 0.717) is 11.8 Å². The predicted octanol–water partition coefficient (Wildman–Crippen LogP) is 4.39. The van der Waals surface area contributed by atoms with Crippen LogP contribution in [0.25, 0.3) is 10.2 Å². The zero-order chi connectivity index (χ0) is 14.5. The summed E-state index contributed by atoms with van der Waals surface area (Å²) in [6, 6.07) is 2.11. The summed E-state index contributed by atoms with van der Waals surface area (Å²) in [6.45, 7) is 9.35. The molecule has 0 aromatic carbocycles. The topological polar surface area (TPSA) is 47.0 Å². The Hall–Kier alpha value is -1.36. The van der Waals surface area contributed by atoms with Crippen molar-refractivity contribution in [1.29, 1.82) is 0 Å². The van der Waals surface area contributed by atoms with Gasteiger partial charge in [-0.15, -0.1) is 11.3 Å². The van der Waals surface area contributed by atoms with Gasteiger partial charge in [0.1, 0.15) is 4.83 Å². The molecule has 20 heavy (non-hydrogen) atoms. The second-order valence-electron chi connectivity index (χ2n) is 5.07. The van der Waals surface area contributed by atoms with Crippen LogP contribution in [0.4, 0.5) is 5.95 Å². The summed E-state index contributed by atoms with van der Waals surface area (Å²) in [4.78, 5) is 11.3. The Morgan fingerprint density at radius 2 is 2.10 bits per heavy atom. The van der Waals surface area contributed by atoms with E-state index in [1.165, 1.54) is 4.88 Å². The van der Waals surface area contributed by atoms with Crippen LogP contribution in [0.3, 0.4) is 0 Å². The standard InChI is InChI=1S/C15H23N3OS/c1-5-7-10(3)19-13-12-9-11(4)20-14(12)18-15(17-13)16-8-6-2/h9-10H,5-8H2,1-4H3,(H,16,17,18). The molecule has 0 aliphatic carbocycles. The van der Waals surface area contributed by atoms with Crippen molar-refractivity contribution in [3.8, 4) is 5.88 Å². The molecule has 0 bridgehead atoms. The van der Waals surface area contributed by atoms with Gasteiger partial charge in [0, 0.05) is 11.4 Å². The Bertz CT molecular complexity index is 567. The van der Waals surface area contributed by atoms with Crippen molar-refractivity contribution in [1.82, 2.24) is 9.97 Å². The van der Waals surface area contributed by atoms with Gasteiger partial charge in [-0.05, 0) is 32.8 Å². The Labute approximate surface area is 124 Å². The normalized spacial score (nSPS) is 12.6. The van der Waals surface area contributed by atoms with Crippen molar-refractivity contribution in [3.63, 3.8) is 0 Å². The number of anilines is 1. The van der Waals surface area contributed by atoms with Gasteiger partial charge in [-0.2, -0.15) is 4.98 Å². The van der Waals surface area contributed by atoms with Crippen LogP contribution in [0.2, 0.25) is 0 Å². The molecule has 110 valence electrons. The average molecular weight is 293 g/mol. The first-order chi connectivity index (χ1) is 9.63. The number of aromatic nitrogens is 2. The molecular formula is C15H23N3OS. The fraction of sp³-hybridized carbons (Fsp3) is 0.600. The molecule has 0 radical (unpaired) electrons. The number of aryl methyl sites for hydroxylation is 1. The first-order valence-electron chi connectivity index (χ1n) is 7.32. The number of thiophene rings is 1. The Morgan fingerprint density at radius 1 is 1.30 bits per heavy atom. The maximum absolute atomic E-state index is 6.02. The molecule has 1 N–H and O–H groups in total. The van der Waals surface area contributed by atoms with E-state index in [0.717, 1.165) is 36.0 Å². The Morgan fingerprint density at radius 3 is 2.80 bits per heavy atom. The third-order valence-electron chi connectivity index (χ3n) is 3.02. The quantitative estimate of drug-likeness (QED) is 0.822. The molecule has 5 heteroatoms. The zero-order valence-electron chi connectivity index (χ0n) is 12.7. The molecule has 0 fully saturated rings. The molecule has 2 rings (SSSR count). The van der Waals surface area contributed by atoms with Gasteiger partial charge in [0.25, 0.3) is 0 Å². The lowest BCUT2D eigenvalue weighted by Crippen LogP contribution is -2.13. The molecule has 0 spiro atoms. The lowest BCUT2D eigenvalue weighted by Gasteiger charge is -2.14. The van der Waals surface area contributed by atoms with Gasteiger partial charge in [-0.25, -0.2) is 4.98 Å². The summed E-state index contributed by atoms with van der Waals surface area (Å²) in [5, 5.41) is 4.27. The molecule has 2 heterocycles. The molecule has 0 aliphatic rings. The van der Waals surface area contributed by atoms with Gasteiger partial charge >= 0.3 is 0 Å². The van der Waals surface area contributed by atoms with E-state index in [2.05, 4.69) is 49.0 Å². The van der Waals surface area contributed by atoms with E-state index in [1.54, 1.807) is 11.3 Å². The second-order valence-corrected chi connectivity index (χ2v) is 6.31. The average Bonchev–Trinajstić information content (AvgIpc) is 2.77. The van der Waals surface area contributed by atoms with Crippen molar-refractivity contribution in [3.05, 3.63) is 10.9 Å². The molecule has 0 amide bonds. The van der Waals surface area contributed by atoms with E-state index in [4.69, 9.17) is 4.74 Å². The number of rotatable bonds is 7. The number of hydrogen-bond acceptors (Lipinski definition) is 5. The number of fused-ring (bicyclic) bond motifs is 1. The molecular weight excluding hydrogens is 270 g/mol. The number of nitrogens with zero attached hydrogens (tertiary/aromatic N) is 2. The molecule has 2 aromatic rings. The van der Waals surface area contributed by atoms with Crippen LogP contribution in [0.1, 0.15) is 44.9 Å². The van der Waals surface area contributed by atoms with Gasteiger partial charge < -0.3 is 10.1 Å².